The number of anilines is 1. The lowest BCUT2D eigenvalue weighted by Crippen LogP contribution is -2.41. The van der Waals surface area contributed by atoms with Gasteiger partial charge in [0.25, 0.3) is 0 Å². The number of nitrogens with two attached hydrogens (primary N) is 1. The van der Waals surface area contributed by atoms with Gasteiger partial charge in [0, 0.05) is 24.6 Å². The summed E-state index contributed by atoms with van der Waals surface area (Å²) in [6, 6.07) is 0. The van der Waals surface area contributed by atoms with E-state index in [0.717, 1.165) is 11.0 Å². The standard InChI is InChI=1S/C13H22BN3O2S/c1-12(2)13(3,4)19-14(18-12)10(8-20)6-9-7-17(5)16-11(9)15/h6-7,20H,8H2,1-5H3,(H2,15,16). The van der Waals surface area contributed by atoms with E-state index in [1.807, 2.05) is 47.0 Å². The molecule has 1 aliphatic heterocycles. The normalized spacial score (nSPS) is 21.5. The minimum absolute atomic E-state index is 0.361. The number of nitrogens with zero attached hydrogens (tertiary/aromatic N) is 2. The van der Waals surface area contributed by atoms with Gasteiger partial charge in [-0.2, -0.15) is 17.7 Å². The summed E-state index contributed by atoms with van der Waals surface area (Å²) in [5, 5.41) is 4.13. The summed E-state index contributed by atoms with van der Waals surface area (Å²) in [6.07, 6.45) is 3.81. The van der Waals surface area contributed by atoms with Crippen molar-refractivity contribution >= 4 is 31.6 Å². The van der Waals surface area contributed by atoms with Crippen molar-refractivity contribution in [3.63, 3.8) is 0 Å². The third-order valence-corrected chi connectivity index (χ3v) is 4.33. The van der Waals surface area contributed by atoms with E-state index in [1.54, 1.807) is 4.68 Å². The van der Waals surface area contributed by atoms with E-state index in [0.29, 0.717) is 11.6 Å². The third kappa shape index (κ3) is 2.75. The highest BCUT2D eigenvalue weighted by atomic mass is 32.1. The van der Waals surface area contributed by atoms with E-state index in [2.05, 4.69) is 17.7 Å². The molecule has 2 rings (SSSR count). The molecule has 7 heteroatoms. The van der Waals surface area contributed by atoms with Crippen molar-refractivity contribution in [2.24, 2.45) is 7.05 Å². The predicted molar refractivity (Wildman–Crippen MR) is 85.5 cm³/mol. The van der Waals surface area contributed by atoms with Gasteiger partial charge in [0.2, 0.25) is 0 Å². The van der Waals surface area contributed by atoms with Gasteiger partial charge >= 0.3 is 7.12 Å². The minimum atomic E-state index is -0.405. The van der Waals surface area contributed by atoms with Crippen LogP contribution in [0.5, 0.6) is 0 Å². The number of hydrogen-bond acceptors (Lipinski definition) is 5. The first-order valence-electron chi connectivity index (χ1n) is 6.62. The molecule has 20 heavy (non-hydrogen) atoms. The van der Waals surface area contributed by atoms with Gasteiger partial charge in [0.05, 0.1) is 11.2 Å². The molecule has 0 radical (unpaired) electrons. The largest absolute Gasteiger partial charge is 0.491 e. The average molecular weight is 295 g/mol. The van der Waals surface area contributed by atoms with Crippen LogP contribution in [0.3, 0.4) is 0 Å². The number of aryl methyl sites for hydroxylation is 1. The monoisotopic (exact) mass is 295 g/mol. The van der Waals surface area contributed by atoms with Crippen molar-refractivity contribution < 1.29 is 9.31 Å². The van der Waals surface area contributed by atoms with Crippen LogP contribution in [0.25, 0.3) is 6.08 Å². The smallest absolute Gasteiger partial charge is 0.400 e. The fraction of sp³-hybridized carbons (Fsp3) is 0.615. The molecular weight excluding hydrogens is 273 g/mol. The molecule has 0 atom stereocenters. The van der Waals surface area contributed by atoms with Crippen LogP contribution in [0.15, 0.2) is 11.7 Å². The van der Waals surface area contributed by atoms with E-state index in [9.17, 15) is 0 Å². The summed E-state index contributed by atoms with van der Waals surface area (Å²) in [5.41, 5.74) is 6.93. The van der Waals surface area contributed by atoms with Crippen molar-refractivity contribution in [2.75, 3.05) is 11.5 Å². The quantitative estimate of drug-likeness (QED) is 0.661. The number of hydrogen-bond donors (Lipinski definition) is 2. The first kappa shape index (κ1) is 15.5. The lowest BCUT2D eigenvalue weighted by molar-refractivity contribution is 0.00578. The summed E-state index contributed by atoms with van der Waals surface area (Å²) in [7, 11) is 1.43. The number of aromatic nitrogens is 2. The molecule has 1 aliphatic rings. The highest BCUT2D eigenvalue weighted by molar-refractivity contribution is 7.80. The minimum Gasteiger partial charge on any atom is -0.400 e. The molecule has 1 aromatic heterocycles. The van der Waals surface area contributed by atoms with Gasteiger partial charge in [-0.3, -0.25) is 4.68 Å². The third-order valence-electron chi connectivity index (χ3n) is 3.97. The summed E-state index contributed by atoms with van der Waals surface area (Å²) in [4.78, 5) is 0. The van der Waals surface area contributed by atoms with Crippen LogP contribution < -0.4 is 5.73 Å². The van der Waals surface area contributed by atoms with E-state index < -0.39 is 7.12 Å². The van der Waals surface area contributed by atoms with Crippen LogP contribution in [0, 0.1) is 0 Å². The highest BCUT2D eigenvalue weighted by Crippen LogP contribution is 2.39. The first-order valence-corrected chi connectivity index (χ1v) is 7.25. The molecule has 0 aliphatic carbocycles. The molecule has 1 saturated heterocycles. The van der Waals surface area contributed by atoms with Gasteiger partial charge in [-0.1, -0.05) is 6.08 Å². The van der Waals surface area contributed by atoms with Gasteiger partial charge in [-0.15, -0.1) is 0 Å². The van der Waals surface area contributed by atoms with Crippen LogP contribution in [0.2, 0.25) is 0 Å². The van der Waals surface area contributed by atoms with Crippen LogP contribution in [0.1, 0.15) is 33.3 Å². The fourth-order valence-corrected chi connectivity index (χ4v) is 2.26. The maximum Gasteiger partial charge on any atom is 0.491 e. The zero-order valence-electron chi connectivity index (χ0n) is 12.7. The van der Waals surface area contributed by atoms with Gasteiger partial charge in [-0.05, 0) is 33.2 Å². The van der Waals surface area contributed by atoms with Gasteiger partial charge in [0.15, 0.2) is 5.82 Å². The molecule has 2 heterocycles. The first-order chi connectivity index (χ1) is 9.16. The predicted octanol–water partition coefficient (Wildman–Crippen LogP) is 1.95. The Labute approximate surface area is 126 Å². The molecule has 0 aromatic carbocycles. The van der Waals surface area contributed by atoms with Gasteiger partial charge in [0.1, 0.15) is 0 Å². The lowest BCUT2D eigenvalue weighted by Gasteiger charge is -2.32. The van der Waals surface area contributed by atoms with Crippen molar-refractivity contribution in [1.29, 1.82) is 0 Å². The Kier molecular flexibility index (Phi) is 3.97. The van der Waals surface area contributed by atoms with Gasteiger partial charge < -0.3 is 15.0 Å². The molecule has 1 fully saturated rings. The number of rotatable bonds is 3. The van der Waals surface area contributed by atoms with E-state index in [1.165, 1.54) is 0 Å². The SMILES string of the molecule is Cn1cc(C=C(CS)B2OC(C)(C)C(C)(C)O2)c(N)n1. The fourth-order valence-electron chi connectivity index (χ4n) is 2.02. The van der Waals surface area contributed by atoms with Crippen LogP contribution >= 0.6 is 12.6 Å². The summed E-state index contributed by atoms with van der Waals surface area (Å²) < 4.78 is 13.7. The molecule has 2 N–H and O–H groups in total. The number of thiol groups is 1. The van der Waals surface area contributed by atoms with E-state index in [-0.39, 0.29) is 11.2 Å². The lowest BCUT2D eigenvalue weighted by atomic mass is 9.78. The van der Waals surface area contributed by atoms with Crippen LogP contribution in [-0.2, 0) is 16.4 Å². The summed E-state index contributed by atoms with van der Waals surface area (Å²) in [6.45, 7) is 8.12. The Hall–Kier alpha value is -0.915. The van der Waals surface area contributed by atoms with Crippen LogP contribution in [0.4, 0.5) is 5.82 Å². The van der Waals surface area contributed by atoms with E-state index in [4.69, 9.17) is 15.0 Å². The van der Waals surface area contributed by atoms with Crippen LogP contribution in [-0.4, -0.2) is 33.9 Å². The zero-order chi connectivity index (χ0) is 15.1. The topological polar surface area (TPSA) is 62.3 Å². The van der Waals surface area contributed by atoms with Crippen molar-refractivity contribution in [2.45, 2.75) is 38.9 Å². The molecule has 0 amide bonds. The maximum atomic E-state index is 6.03. The number of nitrogen functional groups attached to an aromatic ring is 1. The molecule has 110 valence electrons. The second-order valence-electron chi connectivity index (χ2n) is 6.11. The molecular formula is C13H22BN3O2S. The molecule has 1 aromatic rings. The molecule has 0 unspecified atom stereocenters. The van der Waals surface area contributed by atoms with Gasteiger partial charge in [-0.25, -0.2) is 0 Å². The Morgan fingerprint density at radius 1 is 1.40 bits per heavy atom. The second-order valence-corrected chi connectivity index (χ2v) is 6.43. The maximum absolute atomic E-state index is 6.03. The summed E-state index contributed by atoms with van der Waals surface area (Å²) >= 11 is 4.38. The Bertz CT molecular complexity index is 524. The molecule has 0 spiro atoms. The van der Waals surface area contributed by atoms with Crippen molar-refractivity contribution in [3.8, 4) is 0 Å². The van der Waals surface area contributed by atoms with E-state index >= 15 is 0 Å². The Morgan fingerprint density at radius 3 is 2.35 bits per heavy atom. The molecule has 5 nitrogen and oxygen atoms in total. The molecule has 0 bridgehead atoms. The zero-order valence-corrected chi connectivity index (χ0v) is 13.6. The Morgan fingerprint density at radius 2 is 1.95 bits per heavy atom. The summed E-state index contributed by atoms with van der Waals surface area (Å²) in [5.74, 6) is 1.02. The average Bonchev–Trinajstić information content (AvgIpc) is 2.72. The Balaban J connectivity index is 2.29. The molecule has 0 saturated carbocycles. The van der Waals surface area contributed by atoms with Crippen molar-refractivity contribution in [3.05, 3.63) is 17.2 Å². The highest BCUT2D eigenvalue weighted by Gasteiger charge is 2.52. The second kappa shape index (κ2) is 5.13. The van der Waals surface area contributed by atoms with Crippen molar-refractivity contribution in [1.82, 2.24) is 9.78 Å².